The first-order valence-corrected chi connectivity index (χ1v) is 0.565. The molecule has 0 aromatic rings. The maximum absolute atomic E-state index is 8.36. The molecule has 0 aromatic heterocycles. The van der Waals surface area contributed by atoms with Gasteiger partial charge in [-0.1, -0.05) is 0 Å². The average Bonchev–Trinajstić information content (AvgIpc) is 0.811. The molecule has 0 heterocycles. The van der Waals surface area contributed by atoms with Crippen molar-refractivity contribution in [3.8, 4) is 0 Å². The molecular formula is HNO3U. The summed E-state index contributed by atoms with van der Waals surface area (Å²) in [4.78, 5) is 8.36. The van der Waals surface area contributed by atoms with Gasteiger partial charge in [-0.2, -0.15) is 0 Å². The van der Waals surface area contributed by atoms with Gasteiger partial charge in [-0.25, -0.2) is 0 Å². The minimum atomic E-state index is -1.50. The summed E-state index contributed by atoms with van der Waals surface area (Å²) in [5, 5.41) is 13.6. The molecule has 0 rings (SSSR count). The molecule has 0 saturated heterocycles. The maximum atomic E-state index is 8.36. The van der Waals surface area contributed by atoms with E-state index in [0.29, 0.717) is 0 Å². The van der Waals surface area contributed by atoms with E-state index in [9.17, 15) is 0 Å². The van der Waals surface area contributed by atoms with Crippen molar-refractivity contribution in [2.45, 2.75) is 0 Å². The van der Waals surface area contributed by atoms with Crippen molar-refractivity contribution >= 4 is 0 Å². The van der Waals surface area contributed by atoms with Gasteiger partial charge in [0.05, 0.1) is 0 Å². The Hall–Kier alpha value is 0.252. The Morgan fingerprint density at radius 3 is 1.80 bits per heavy atom. The number of nitrogens with zero attached hydrogens (tertiary/aromatic N) is 1. The second-order valence-corrected chi connectivity index (χ2v) is 0.238. The first kappa shape index (κ1) is 8.98. The van der Waals surface area contributed by atoms with Crippen LogP contribution in [0.2, 0.25) is 0 Å². The molecule has 0 aliphatic carbocycles. The summed E-state index contributed by atoms with van der Waals surface area (Å²) < 4.78 is 0. The van der Waals surface area contributed by atoms with Crippen molar-refractivity contribution in [2.24, 2.45) is 0 Å². The van der Waals surface area contributed by atoms with Crippen molar-refractivity contribution in [1.29, 1.82) is 0 Å². The molecular weight excluding hydrogens is 300 g/mol. The summed E-state index contributed by atoms with van der Waals surface area (Å²) in [5.41, 5.74) is 0. The van der Waals surface area contributed by atoms with Crippen LogP contribution >= 0.6 is 0 Å². The zero-order valence-electron chi connectivity index (χ0n) is 2.21. The molecule has 0 saturated carbocycles. The van der Waals surface area contributed by atoms with Crippen LogP contribution in [0.4, 0.5) is 0 Å². The second kappa shape index (κ2) is 4.25. The largest absolute Gasteiger partial charge is 0.328 e. The van der Waals surface area contributed by atoms with E-state index < -0.39 is 5.09 Å². The summed E-state index contributed by atoms with van der Waals surface area (Å²) in [5.74, 6) is 0. The van der Waals surface area contributed by atoms with Gasteiger partial charge in [0.25, 0.3) is 5.09 Å². The van der Waals surface area contributed by atoms with Gasteiger partial charge in [-0.3, -0.25) is 0 Å². The molecule has 5 heavy (non-hydrogen) atoms. The predicted octanol–water partition coefficient (Wildman–Crippen LogP) is -0.348. The third-order valence-corrected chi connectivity index (χ3v) is 0. The SMILES string of the molecule is O=[N+]([O-])O.[U]. The summed E-state index contributed by atoms with van der Waals surface area (Å²) >= 11 is 0. The van der Waals surface area contributed by atoms with Crippen molar-refractivity contribution < 1.29 is 41.4 Å². The maximum Gasteiger partial charge on any atom is 0.291 e. The predicted molar refractivity (Wildman–Crippen MR) is 8.78 cm³/mol. The average molecular weight is 301 g/mol. The molecule has 0 radical (unpaired) electrons. The Balaban J connectivity index is 0. The minimum Gasteiger partial charge on any atom is -0.328 e. The van der Waals surface area contributed by atoms with E-state index >= 15 is 0 Å². The molecule has 0 aromatic carbocycles. The number of rotatable bonds is 0. The molecule has 0 aliphatic rings. The fourth-order valence-electron chi connectivity index (χ4n) is 0. The third-order valence-electron chi connectivity index (χ3n) is 0. The van der Waals surface area contributed by atoms with Gasteiger partial charge in [0.15, 0.2) is 0 Å². The van der Waals surface area contributed by atoms with Crippen LogP contribution in [0.15, 0.2) is 0 Å². The first-order valence-electron chi connectivity index (χ1n) is 0.565. The number of hydrogen-bond donors (Lipinski definition) is 1. The normalized spacial score (nSPS) is 4.80. The van der Waals surface area contributed by atoms with E-state index in [2.05, 4.69) is 0 Å². The zero-order chi connectivity index (χ0) is 3.58. The van der Waals surface area contributed by atoms with E-state index in [0.717, 1.165) is 0 Å². The standard InChI is InChI=1S/HNO3.U/c2-1(3)4;/h(H,2,3,4);. The van der Waals surface area contributed by atoms with Crippen LogP contribution in [-0.2, 0) is 0 Å². The van der Waals surface area contributed by atoms with E-state index in [1.54, 1.807) is 0 Å². The Morgan fingerprint density at radius 1 is 1.80 bits per heavy atom. The van der Waals surface area contributed by atoms with Crippen molar-refractivity contribution in [1.82, 2.24) is 0 Å². The van der Waals surface area contributed by atoms with Gasteiger partial charge < -0.3 is 5.21 Å². The van der Waals surface area contributed by atoms with E-state index in [1.807, 2.05) is 0 Å². The zero-order valence-corrected chi connectivity index (χ0v) is 6.37. The van der Waals surface area contributed by atoms with E-state index in [1.165, 1.54) is 0 Å². The molecule has 0 bridgehead atoms. The second-order valence-electron chi connectivity index (χ2n) is 0.238. The van der Waals surface area contributed by atoms with Crippen LogP contribution in [0.25, 0.3) is 0 Å². The molecule has 0 aliphatic heterocycles. The van der Waals surface area contributed by atoms with E-state index in [-0.39, 0.29) is 31.1 Å². The molecule has 4 nitrogen and oxygen atoms in total. The van der Waals surface area contributed by atoms with Crippen LogP contribution < -0.4 is 0 Å². The molecule has 0 unspecified atom stereocenters. The molecule has 0 atom stereocenters. The summed E-state index contributed by atoms with van der Waals surface area (Å²) in [6.07, 6.45) is 0. The van der Waals surface area contributed by atoms with Crippen molar-refractivity contribution in [3.05, 3.63) is 10.1 Å². The molecule has 0 amide bonds. The van der Waals surface area contributed by atoms with Gasteiger partial charge in [-0.05, 0) is 0 Å². The molecule has 0 spiro atoms. The monoisotopic (exact) mass is 301 g/mol. The topological polar surface area (TPSA) is 63.4 Å². The van der Waals surface area contributed by atoms with Crippen LogP contribution in [0.3, 0.4) is 0 Å². The first-order chi connectivity index (χ1) is 1.73. The Bertz CT molecular complexity index is 29.9. The van der Waals surface area contributed by atoms with Crippen molar-refractivity contribution in [2.75, 3.05) is 0 Å². The van der Waals surface area contributed by atoms with Crippen molar-refractivity contribution in [3.63, 3.8) is 0 Å². The van der Waals surface area contributed by atoms with Gasteiger partial charge in [-0.15, -0.1) is 10.1 Å². The van der Waals surface area contributed by atoms with Crippen LogP contribution in [-0.4, -0.2) is 10.3 Å². The van der Waals surface area contributed by atoms with E-state index in [4.69, 9.17) is 15.3 Å². The quantitative estimate of drug-likeness (QED) is 0.491. The third kappa shape index (κ3) is 340. The van der Waals surface area contributed by atoms with Gasteiger partial charge in [0.1, 0.15) is 0 Å². The summed E-state index contributed by atoms with van der Waals surface area (Å²) in [6, 6.07) is 0. The Labute approximate surface area is 51.7 Å². The fourth-order valence-corrected chi connectivity index (χ4v) is 0. The van der Waals surface area contributed by atoms with Crippen LogP contribution in [0.5, 0.6) is 0 Å². The van der Waals surface area contributed by atoms with Crippen LogP contribution in [0.1, 0.15) is 0 Å². The summed E-state index contributed by atoms with van der Waals surface area (Å²) in [6.45, 7) is 0. The van der Waals surface area contributed by atoms with Gasteiger partial charge in [0, 0.05) is 31.1 Å². The smallest absolute Gasteiger partial charge is 0.291 e. The molecule has 5 heteroatoms. The van der Waals surface area contributed by atoms with Crippen LogP contribution in [0, 0.1) is 41.2 Å². The molecule has 28 valence electrons. The Morgan fingerprint density at radius 2 is 1.80 bits per heavy atom. The molecule has 1 N–H and O–H groups in total. The van der Waals surface area contributed by atoms with Gasteiger partial charge >= 0.3 is 0 Å². The minimum absolute atomic E-state index is 0. The Kier molecular flexibility index (Phi) is 7.64. The number of hydrogen-bond acceptors (Lipinski definition) is 2. The summed E-state index contributed by atoms with van der Waals surface area (Å²) in [7, 11) is 0. The molecule has 0 fully saturated rings. The van der Waals surface area contributed by atoms with Gasteiger partial charge in [0.2, 0.25) is 0 Å². The fraction of sp³-hybridized carbons (Fsp3) is 0.